The summed E-state index contributed by atoms with van der Waals surface area (Å²) in [4.78, 5) is 4.13. The summed E-state index contributed by atoms with van der Waals surface area (Å²) in [5.41, 5.74) is 1.25. The van der Waals surface area contributed by atoms with Crippen LogP contribution in [0.5, 0.6) is 5.75 Å². The number of hydrogen-bond acceptors (Lipinski definition) is 3. The van der Waals surface area contributed by atoms with Crippen LogP contribution in [0, 0.1) is 5.92 Å². The number of rotatable bonds is 8. The minimum Gasteiger partial charge on any atom is -0.495 e. The van der Waals surface area contributed by atoms with E-state index in [-0.39, 0.29) is 0 Å². The van der Waals surface area contributed by atoms with Gasteiger partial charge >= 0.3 is 0 Å². The van der Waals surface area contributed by atoms with E-state index in [1.165, 1.54) is 31.2 Å². The molecule has 0 radical (unpaired) electrons. The molecule has 3 heteroatoms. The zero-order chi connectivity index (χ0) is 12.8. The molecule has 0 bridgehead atoms. The van der Waals surface area contributed by atoms with Crippen LogP contribution in [-0.2, 0) is 0 Å². The summed E-state index contributed by atoms with van der Waals surface area (Å²) < 4.78 is 5.43. The second kappa shape index (κ2) is 6.74. The molecule has 1 heterocycles. The van der Waals surface area contributed by atoms with E-state index in [0.29, 0.717) is 6.04 Å². The molecule has 18 heavy (non-hydrogen) atoms. The number of pyridine rings is 1. The number of nitrogens with zero attached hydrogens (tertiary/aromatic N) is 1. The molecule has 1 aliphatic carbocycles. The summed E-state index contributed by atoms with van der Waals surface area (Å²) in [7, 11) is 1.72. The number of nitrogens with one attached hydrogen (secondary N) is 1. The molecule has 3 nitrogen and oxygen atoms in total. The molecule has 1 saturated carbocycles. The standard InChI is InChI=1S/C15H24N2O/c1-3-9-17-14(7-6-12-4-5-12)13-8-10-16-11-15(13)18-2/h8,10-12,14,17H,3-7,9H2,1-2H3. The van der Waals surface area contributed by atoms with Gasteiger partial charge in [0.1, 0.15) is 5.75 Å². The second-order valence-electron chi connectivity index (χ2n) is 5.15. The van der Waals surface area contributed by atoms with Crippen molar-refractivity contribution in [3.8, 4) is 5.75 Å². The van der Waals surface area contributed by atoms with Crippen LogP contribution in [-0.4, -0.2) is 18.6 Å². The third kappa shape index (κ3) is 3.70. The van der Waals surface area contributed by atoms with Crippen molar-refractivity contribution in [1.82, 2.24) is 10.3 Å². The number of hydrogen-bond donors (Lipinski definition) is 1. The first-order valence-corrected chi connectivity index (χ1v) is 7.06. The lowest BCUT2D eigenvalue weighted by molar-refractivity contribution is 0.389. The van der Waals surface area contributed by atoms with E-state index in [0.717, 1.165) is 24.6 Å². The summed E-state index contributed by atoms with van der Waals surface area (Å²) in [6.07, 6.45) is 10.2. The highest BCUT2D eigenvalue weighted by Crippen LogP contribution is 2.37. The van der Waals surface area contributed by atoms with Crippen molar-refractivity contribution in [1.29, 1.82) is 0 Å². The van der Waals surface area contributed by atoms with Gasteiger partial charge in [0, 0.05) is 17.8 Å². The predicted molar refractivity (Wildman–Crippen MR) is 73.8 cm³/mol. The molecule has 0 aromatic carbocycles. The summed E-state index contributed by atoms with van der Waals surface area (Å²) in [5, 5.41) is 3.64. The Morgan fingerprint density at radius 3 is 3.00 bits per heavy atom. The summed E-state index contributed by atoms with van der Waals surface area (Å²) >= 11 is 0. The molecule has 0 aliphatic heterocycles. The minimum atomic E-state index is 0.406. The predicted octanol–water partition coefficient (Wildman–Crippen LogP) is 3.32. The highest BCUT2D eigenvalue weighted by molar-refractivity contribution is 5.32. The molecule has 1 aliphatic rings. The van der Waals surface area contributed by atoms with Gasteiger partial charge in [-0.15, -0.1) is 0 Å². The Morgan fingerprint density at radius 1 is 1.50 bits per heavy atom. The number of methoxy groups -OCH3 is 1. The van der Waals surface area contributed by atoms with Gasteiger partial charge in [-0.05, 0) is 37.8 Å². The highest BCUT2D eigenvalue weighted by atomic mass is 16.5. The molecule has 0 saturated heterocycles. The van der Waals surface area contributed by atoms with Crippen molar-refractivity contribution in [2.24, 2.45) is 5.92 Å². The zero-order valence-electron chi connectivity index (χ0n) is 11.5. The number of ether oxygens (including phenoxy) is 1. The van der Waals surface area contributed by atoms with E-state index in [4.69, 9.17) is 4.74 Å². The first-order valence-electron chi connectivity index (χ1n) is 7.06. The topological polar surface area (TPSA) is 34.2 Å². The van der Waals surface area contributed by atoms with Crippen molar-refractivity contribution in [3.05, 3.63) is 24.0 Å². The van der Waals surface area contributed by atoms with Gasteiger partial charge in [-0.3, -0.25) is 4.98 Å². The maximum Gasteiger partial charge on any atom is 0.141 e. The maximum atomic E-state index is 5.43. The molecule has 1 aromatic rings. The van der Waals surface area contributed by atoms with Gasteiger partial charge in [-0.2, -0.15) is 0 Å². The lowest BCUT2D eigenvalue weighted by atomic mass is 10.0. The zero-order valence-corrected chi connectivity index (χ0v) is 11.5. The Kier molecular flexibility index (Phi) is 5.00. The minimum absolute atomic E-state index is 0.406. The fraction of sp³-hybridized carbons (Fsp3) is 0.667. The van der Waals surface area contributed by atoms with Gasteiger partial charge in [0.05, 0.1) is 13.3 Å². The van der Waals surface area contributed by atoms with Crippen LogP contribution in [0.25, 0.3) is 0 Å². The van der Waals surface area contributed by atoms with Gasteiger partial charge in [-0.25, -0.2) is 0 Å². The van der Waals surface area contributed by atoms with Gasteiger partial charge in [0.15, 0.2) is 0 Å². The quantitative estimate of drug-likeness (QED) is 0.766. The molecule has 1 aromatic heterocycles. The number of aromatic nitrogens is 1. The van der Waals surface area contributed by atoms with Gasteiger partial charge in [-0.1, -0.05) is 19.8 Å². The van der Waals surface area contributed by atoms with Crippen LogP contribution >= 0.6 is 0 Å². The Morgan fingerprint density at radius 2 is 2.33 bits per heavy atom. The normalized spacial score (nSPS) is 16.6. The fourth-order valence-corrected chi connectivity index (χ4v) is 2.34. The van der Waals surface area contributed by atoms with E-state index < -0.39 is 0 Å². The monoisotopic (exact) mass is 248 g/mol. The van der Waals surface area contributed by atoms with Gasteiger partial charge in [0.2, 0.25) is 0 Å². The third-order valence-corrected chi connectivity index (χ3v) is 3.61. The SMILES string of the molecule is CCCNC(CCC1CC1)c1ccncc1OC. The van der Waals surface area contributed by atoms with E-state index in [1.54, 1.807) is 7.11 Å². The van der Waals surface area contributed by atoms with Crippen molar-refractivity contribution in [2.75, 3.05) is 13.7 Å². The van der Waals surface area contributed by atoms with E-state index >= 15 is 0 Å². The molecule has 0 spiro atoms. The molecule has 0 amide bonds. The Labute approximate surface area is 110 Å². The molecule has 2 rings (SSSR count). The van der Waals surface area contributed by atoms with Crippen LogP contribution in [0.1, 0.15) is 50.6 Å². The fourth-order valence-electron chi connectivity index (χ4n) is 2.34. The Balaban J connectivity index is 2.04. The summed E-state index contributed by atoms with van der Waals surface area (Å²) in [6, 6.07) is 2.49. The largest absolute Gasteiger partial charge is 0.495 e. The molecular weight excluding hydrogens is 224 g/mol. The van der Waals surface area contributed by atoms with E-state index in [2.05, 4.69) is 23.3 Å². The third-order valence-electron chi connectivity index (χ3n) is 3.61. The first kappa shape index (κ1) is 13.3. The van der Waals surface area contributed by atoms with Crippen LogP contribution in [0.15, 0.2) is 18.5 Å². The molecular formula is C15H24N2O. The first-order chi connectivity index (χ1) is 8.85. The van der Waals surface area contributed by atoms with Crippen LogP contribution in [0.4, 0.5) is 0 Å². The molecule has 1 atom stereocenters. The van der Waals surface area contributed by atoms with Crippen LogP contribution in [0.2, 0.25) is 0 Å². The summed E-state index contributed by atoms with van der Waals surface area (Å²) in [6.45, 7) is 3.26. The van der Waals surface area contributed by atoms with Gasteiger partial charge in [0.25, 0.3) is 0 Å². The maximum absolute atomic E-state index is 5.43. The molecule has 1 unspecified atom stereocenters. The van der Waals surface area contributed by atoms with E-state index in [9.17, 15) is 0 Å². The molecule has 1 N–H and O–H groups in total. The summed E-state index contributed by atoms with van der Waals surface area (Å²) in [5.74, 6) is 1.88. The van der Waals surface area contributed by atoms with E-state index in [1.807, 2.05) is 12.4 Å². The van der Waals surface area contributed by atoms with Crippen molar-refractivity contribution < 1.29 is 4.74 Å². The van der Waals surface area contributed by atoms with Crippen LogP contribution in [0.3, 0.4) is 0 Å². The lowest BCUT2D eigenvalue weighted by Gasteiger charge is -2.20. The second-order valence-corrected chi connectivity index (χ2v) is 5.15. The van der Waals surface area contributed by atoms with Crippen molar-refractivity contribution >= 4 is 0 Å². The Bertz CT molecular complexity index is 363. The molecule has 1 fully saturated rings. The van der Waals surface area contributed by atoms with Crippen molar-refractivity contribution in [2.45, 2.75) is 45.1 Å². The van der Waals surface area contributed by atoms with Gasteiger partial charge < -0.3 is 10.1 Å². The lowest BCUT2D eigenvalue weighted by Crippen LogP contribution is -2.23. The van der Waals surface area contributed by atoms with Crippen molar-refractivity contribution in [3.63, 3.8) is 0 Å². The average molecular weight is 248 g/mol. The molecule has 100 valence electrons. The average Bonchev–Trinajstić information content (AvgIpc) is 3.23. The van der Waals surface area contributed by atoms with Crippen LogP contribution < -0.4 is 10.1 Å². The Hall–Kier alpha value is -1.09. The highest BCUT2D eigenvalue weighted by Gasteiger charge is 2.24. The smallest absolute Gasteiger partial charge is 0.141 e.